The maximum Gasteiger partial charge on any atom is 0.0993 e. The first-order valence-electron chi connectivity index (χ1n) is 6.10. The van der Waals surface area contributed by atoms with Gasteiger partial charge in [0.25, 0.3) is 0 Å². The van der Waals surface area contributed by atoms with Gasteiger partial charge in [-0.05, 0) is 51.9 Å². The van der Waals surface area contributed by atoms with Gasteiger partial charge in [0, 0.05) is 10.7 Å². The van der Waals surface area contributed by atoms with Crippen LogP contribution in [0.4, 0.5) is 0 Å². The van der Waals surface area contributed by atoms with Crippen LogP contribution < -0.4 is 0 Å². The van der Waals surface area contributed by atoms with E-state index in [-0.39, 0.29) is 0 Å². The van der Waals surface area contributed by atoms with Crippen molar-refractivity contribution in [2.45, 2.75) is 18.4 Å². The lowest BCUT2D eigenvalue weighted by atomic mass is 10.0. The van der Waals surface area contributed by atoms with Gasteiger partial charge in [-0.25, -0.2) is 0 Å². The van der Waals surface area contributed by atoms with Gasteiger partial charge in [0.1, 0.15) is 0 Å². The highest BCUT2D eigenvalue weighted by Gasteiger charge is 2.44. The first kappa shape index (κ1) is 11.9. The number of hydrogen-bond acceptors (Lipinski definition) is 2. The minimum Gasteiger partial charge on any atom is -0.386 e. The minimum absolute atomic E-state index is 0.307. The fourth-order valence-electron chi connectivity index (χ4n) is 2.43. The normalized spacial score (nSPS) is 23.7. The highest BCUT2D eigenvalue weighted by atomic mass is 79.9. The monoisotopic (exact) mass is 303 g/mol. The topological polar surface area (TPSA) is 33.1 Å². The Hall–Kier alpha value is -1.19. The number of rotatable bonds is 3. The van der Waals surface area contributed by atoms with Gasteiger partial charge in [0.05, 0.1) is 11.8 Å². The maximum atomic E-state index is 10.3. The smallest absolute Gasteiger partial charge is 0.0993 e. The molecule has 0 amide bonds. The average Bonchev–Trinajstić information content (AvgIpc) is 3.20. The van der Waals surface area contributed by atoms with Crippen molar-refractivity contribution in [3.63, 3.8) is 0 Å². The van der Waals surface area contributed by atoms with Crippen molar-refractivity contribution in [2.75, 3.05) is 0 Å². The maximum absolute atomic E-state index is 10.3. The molecule has 1 aliphatic carbocycles. The Bertz CT molecular complexity index is 526. The molecule has 1 aromatic heterocycles. The van der Waals surface area contributed by atoms with Gasteiger partial charge >= 0.3 is 0 Å². The van der Waals surface area contributed by atoms with E-state index in [0.717, 1.165) is 16.6 Å². The van der Waals surface area contributed by atoms with Crippen molar-refractivity contribution in [2.24, 2.45) is 5.92 Å². The van der Waals surface area contributed by atoms with Crippen LogP contribution in [-0.4, -0.2) is 10.1 Å². The predicted molar refractivity (Wildman–Crippen MR) is 74.2 cm³/mol. The number of aliphatic hydroxyl groups excluding tert-OH is 1. The third-order valence-corrected chi connectivity index (χ3v) is 4.00. The van der Waals surface area contributed by atoms with Crippen molar-refractivity contribution >= 4 is 15.9 Å². The van der Waals surface area contributed by atoms with Crippen LogP contribution in [0.2, 0.25) is 0 Å². The summed E-state index contributed by atoms with van der Waals surface area (Å²) in [4.78, 5) is 4.27. The summed E-state index contributed by atoms with van der Waals surface area (Å²) >= 11 is 3.35. The Morgan fingerprint density at radius 1 is 1.17 bits per heavy atom. The largest absolute Gasteiger partial charge is 0.386 e. The van der Waals surface area contributed by atoms with Crippen LogP contribution in [0.5, 0.6) is 0 Å². The standard InChI is InChI=1S/C15H14BrNO/c16-11-6-7-14(17-9-11)15(18)13-8-12(13)10-4-2-1-3-5-10/h1-7,9,12-13,15,18H,8H2. The van der Waals surface area contributed by atoms with E-state index in [2.05, 4.69) is 45.2 Å². The summed E-state index contributed by atoms with van der Waals surface area (Å²) in [7, 11) is 0. The molecule has 0 bridgehead atoms. The highest BCUT2D eigenvalue weighted by molar-refractivity contribution is 9.10. The van der Waals surface area contributed by atoms with Gasteiger partial charge in [0.15, 0.2) is 0 Å². The summed E-state index contributed by atoms with van der Waals surface area (Å²) in [6.45, 7) is 0. The number of pyridine rings is 1. The van der Waals surface area contributed by atoms with Gasteiger partial charge in [-0.3, -0.25) is 4.98 Å². The molecule has 3 unspecified atom stereocenters. The number of hydrogen-bond donors (Lipinski definition) is 1. The molecule has 1 N–H and O–H groups in total. The Morgan fingerprint density at radius 3 is 2.61 bits per heavy atom. The number of benzene rings is 1. The molecule has 0 saturated heterocycles. The lowest BCUT2D eigenvalue weighted by molar-refractivity contribution is 0.146. The third kappa shape index (κ3) is 2.33. The fourth-order valence-corrected chi connectivity index (χ4v) is 2.66. The second-order valence-corrected chi connectivity index (χ2v) is 5.68. The van der Waals surface area contributed by atoms with E-state index < -0.39 is 6.10 Å². The summed E-state index contributed by atoms with van der Waals surface area (Å²) in [5.74, 6) is 0.785. The first-order chi connectivity index (χ1) is 8.75. The lowest BCUT2D eigenvalue weighted by Gasteiger charge is -2.09. The Balaban J connectivity index is 1.73. The highest BCUT2D eigenvalue weighted by Crippen LogP contribution is 2.53. The summed E-state index contributed by atoms with van der Waals surface area (Å²) in [6.07, 6.45) is 2.32. The summed E-state index contributed by atoms with van der Waals surface area (Å²) in [5.41, 5.74) is 2.08. The van der Waals surface area contributed by atoms with Crippen molar-refractivity contribution in [1.29, 1.82) is 0 Å². The van der Waals surface area contributed by atoms with Crippen molar-refractivity contribution < 1.29 is 5.11 Å². The van der Waals surface area contributed by atoms with Crippen LogP contribution in [0.15, 0.2) is 53.1 Å². The molecule has 0 aliphatic heterocycles. The molecule has 3 atom stereocenters. The van der Waals surface area contributed by atoms with E-state index in [1.165, 1.54) is 5.56 Å². The molecule has 3 rings (SSSR count). The van der Waals surface area contributed by atoms with Crippen molar-refractivity contribution in [1.82, 2.24) is 4.98 Å². The van der Waals surface area contributed by atoms with Crippen LogP contribution in [0.3, 0.4) is 0 Å². The van der Waals surface area contributed by atoms with Gasteiger partial charge in [0.2, 0.25) is 0 Å². The molecule has 1 fully saturated rings. The zero-order valence-electron chi connectivity index (χ0n) is 9.83. The zero-order valence-corrected chi connectivity index (χ0v) is 11.4. The lowest BCUT2D eigenvalue weighted by Crippen LogP contribution is -2.03. The molecule has 18 heavy (non-hydrogen) atoms. The molecule has 1 saturated carbocycles. The Morgan fingerprint density at radius 2 is 1.94 bits per heavy atom. The van der Waals surface area contributed by atoms with Crippen LogP contribution in [0.25, 0.3) is 0 Å². The third-order valence-electron chi connectivity index (χ3n) is 3.53. The van der Waals surface area contributed by atoms with Gasteiger partial charge in [-0.15, -0.1) is 0 Å². The van der Waals surface area contributed by atoms with Crippen LogP contribution in [0.1, 0.15) is 29.7 Å². The molecule has 1 aliphatic rings. The molecule has 0 spiro atoms. The second-order valence-electron chi connectivity index (χ2n) is 4.76. The minimum atomic E-state index is -0.455. The number of halogens is 1. The van der Waals surface area contributed by atoms with Crippen LogP contribution >= 0.6 is 15.9 Å². The zero-order chi connectivity index (χ0) is 12.5. The molecular weight excluding hydrogens is 290 g/mol. The first-order valence-corrected chi connectivity index (χ1v) is 6.89. The summed E-state index contributed by atoms with van der Waals surface area (Å²) in [6, 6.07) is 14.2. The average molecular weight is 304 g/mol. The molecule has 3 heteroatoms. The quantitative estimate of drug-likeness (QED) is 0.938. The van der Waals surface area contributed by atoms with E-state index >= 15 is 0 Å². The summed E-state index contributed by atoms with van der Waals surface area (Å²) in [5, 5.41) is 10.3. The predicted octanol–water partition coefficient (Wildman–Crippen LogP) is 3.68. The van der Waals surface area contributed by atoms with E-state index in [0.29, 0.717) is 11.8 Å². The molecule has 2 aromatic rings. The van der Waals surface area contributed by atoms with Gasteiger partial charge in [-0.2, -0.15) is 0 Å². The Kier molecular flexibility index (Phi) is 3.18. The number of aliphatic hydroxyl groups is 1. The molecule has 1 heterocycles. The molecule has 1 aromatic carbocycles. The van der Waals surface area contributed by atoms with Crippen molar-refractivity contribution in [3.05, 3.63) is 64.4 Å². The van der Waals surface area contributed by atoms with Crippen LogP contribution in [0, 0.1) is 5.92 Å². The molecule has 92 valence electrons. The SMILES string of the molecule is OC(c1ccc(Br)cn1)C1CC1c1ccccc1. The van der Waals surface area contributed by atoms with Gasteiger partial charge in [-0.1, -0.05) is 30.3 Å². The molecule has 0 radical (unpaired) electrons. The van der Waals surface area contributed by atoms with Crippen LogP contribution in [-0.2, 0) is 0 Å². The molecule has 2 nitrogen and oxygen atoms in total. The van der Waals surface area contributed by atoms with Crippen molar-refractivity contribution in [3.8, 4) is 0 Å². The number of nitrogens with zero attached hydrogens (tertiary/aromatic N) is 1. The summed E-state index contributed by atoms with van der Waals surface area (Å²) < 4.78 is 0.939. The van der Waals surface area contributed by atoms with E-state index in [4.69, 9.17) is 0 Å². The number of aromatic nitrogens is 1. The Labute approximate surface area is 115 Å². The van der Waals surface area contributed by atoms with E-state index in [1.54, 1.807) is 6.20 Å². The second kappa shape index (κ2) is 4.82. The molecular formula is C15H14BrNO. The fraction of sp³-hybridized carbons (Fsp3) is 0.267. The van der Waals surface area contributed by atoms with E-state index in [9.17, 15) is 5.11 Å². The van der Waals surface area contributed by atoms with E-state index in [1.807, 2.05) is 18.2 Å². The van der Waals surface area contributed by atoms with Gasteiger partial charge < -0.3 is 5.11 Å².